The highest BCUT2D eigenvalue weighted by Crippen LogP contribution is 2.25. The van der Waals surface area contributed by atoms with Gasteiger partial charge >= 0.3 is 6.09 Å². The minimum atomic E-state index is -0.989. The molecule has 0 saturated carbocycles. The number of carbonyl (C=O) groups is 1. The minimum Gasteiger partial charge on any atom is -0.457 e. The molecule has 0 spiro atoms. The fraction of sp³-hybridized carbons (Fsp3) is 0.263. The van der Waals surface area contributed by atoms with Crippen LogP contribution < -0.4 is 10.1 Å². The van der Waals surface area contributed by atoms with E-state index in [1.807, 2.05) is 50.2 Å². The lowest BCUT2D eigenvalue weighted by Crippen LogP contribution is -2.29. The van der Waals surface area contributed by atoms with Gasteiger partial charge < -0.3 is 14.8 Å². The van der Waals surface area contributed by atoms with Crippen molar-refractivity contribution in [1.82, 2.24) is 5.32 Å². The van der Waals surface area contributed by atoms with Crippen molar-refractivity contribution < 1.29 is 14.3 Å². The van der Waals surface area contributed by atoms with Gasteiger partial charge in [-0.05, 0) is 30.2 Å². The van der Waals surface area contributed by atoms with Crippen molar-refractivity contribution in [2.24, 2.45) is 5.92 Å². The average Bonchev–Trinajstić information content (AvgIpc) is 2.59. The van der Waals surface area contributed by atoms with Crippen molar-refractivity contribution in [1.29, 1.82) is 5.26 Å². The number of benzene rings is 2. The zero-order chi connectivity index (χ0) is 17.4. The van der Waals surface area contributed by atoms with Crippen LogP contribution in [0.4, 0.5) is 4.79 Å². The molecule has 5 heteroatoms. The standard InChI is InChI=1S/C19H20N2O3/c1-14(2)13-21-19(22)24-18(12-20)15-7-6-10-17(11-15)23-16-8-4-3-5-9-16/h3-11,14,18H,13H2,1-2H3,(H,21,22). The lowest BCUT2D eigenvalue weighted by atomic mass is 10.1. The van der Waals surface area contributed by atoms with Crippen LogP contribution in [-0.2, 0) is 4.74 Å². The van der Waals surface area contributed by atoms with Gasteiger partial charge in [0.2, 0.25) is 6.10 Å². The maximum Gasteiger partial charge on any atom is 0.408 e. The minimum absolute atomic E-state index is 0.306. The summed E-state index contributed by atoms with van der Waals surface area (Å²) in [6, 6.07) is 18.3. The van der Waals surface area contributed by atoms with Crippen LogP contribution in [0.25, 0.3) is 0 Å². The lowest BCUT2D eigenvalue weighted by molar-refractivity contribution is 0.122. The Balaban J connectivity index is 2.05. The van der Waals surface area contributed by atoms with Crippen molar-refractivity contribution in [3.63, 3.8) is 0 Å². The molecule has 2 aromatic carbocycles. The summed E-state index contributed by atoms with van der Waals surface area (Å²) < 4.78 is 10.9. The molecule has 0 radical (unpaired) electrons. The molecule has 0 fully saturated rings. The van der Waals surface area contributed by atoms with Crippen LogP contribution in [0, 0.1) is 17.2 Å². The Morgan fingerprint density at radius 2 is 1.83 bits per heavy atom. The molecule has 2 rings (SSSR count). The third-order valence-electron chi connectivity index (χ3n) is 3.14. The molecule has 2 aromatic rings. The fourth-order valence-corrected chi connectivity index (χ4v) is 1.97. The first-order valence-corrected chi connectivity index (χ1v) is 7.75. The molecule has 1 unspecified atom stereocenters. The van der Waals surface area contributed by atoms with E-state index >= 15 is 0 Å². The summed E-state index contributed by atoms with van der Waals surface area (Å²) in [5, 5.41) is 11.9. The number of nitrogens with zero attached hydrogens (tertiary/aromatic N) is 1. The highest BCUT2D eigenvalue weighted by Gasteiger charge is 2.17. The summed E-state index contributed by atoms with van der Waals surface area (Å²) >= 11 is 0. The zero-order valence-electron chi connectivity index (χ0n) is 13.7. The molecule has 0 bridgehead atoms. The summed E-state index contributed by atoms with van der Waals surface area (Å²) in [6.45, 7) is 4.45. The first-order valence-electron chi connectivity index (χ1n) is 7.75. The number of para-hydroxylation sites is 1. The number of ether oxygens (including phenoxy) is 2. The summed E-state index contributed by atoms with van der Waals surface area (Å²) in [5.41, 5.74) is 0.561. The SMILES string of the molecule is CC(C)CNC(=O)OC(C#N)c1cccc(Oc2ccccc2)c1. The van der Waals surface area contributed by atoms with Gasteiger partial charge in [-0.1, -0.05) is 44.2 Å². The van der Waals surface area contributed by atoms with E-state index in [4.69, 9.17) is 9.47 Å². The predicted molar refractivity (Wildman–Crippen MR) is 90.6 cm³/mol. The number of rotatable bonds is 6. The van der Waals surface area contributed by atoms with E-state index in [1.54, 1.807) is 24.3 Å². The van der Waals surface area contributed by atoms with Crippen LogP contribution >= 0.6 is 0 Å². The van der Waals surface area contributed by atoms with Gasteiger partial charge in [0, 0.05) is 12.1 Å². The highest BCUT2D eigenvalue weighted by molar-refractivity contribution is 5.67. The van der Waals surface area contributed by atoms with Crippen molar-refractivity contribution >= 4 is 6.09 Å². The number of hydrogen-bond donors (Lipinski definition) is 1. The van der Waals surface area contributed by atoms with E-state index in [1.165, 1.54) is 0 Å². The molecule has 5 nitrogen and oxygen atoms in total. The van der Waals surface area contributed by atoms with E-state index in [-0.39, 0.29) is 0 Å². The molecule has 0 aliphatic carbocycles. The topological polar surface area (TPSA) is 71.3 Å². The molecular formula is C19H20N2O3. The van der Waals surface area contributed by atoms with E-state index in [2.05, 4.69) is 5.32 Å². The Bertz CT molecular complexity index is 708. The Kier molecular flexibility index (Phi) is 6.21. The summed E-state index contributed by atoms with van der Waals surface area (Å²) in [5.74, 6) is 1.57. The predicted octanol–water partition coefficient (Wildman–Crippen LogP) is 4.43. The van der Waals surface area contributed by atoms with Crippen molar-refractivity contribution in [3.05, 3.63) is 60.2 Å². The van der Waals surface area contributed by atoms with Crippen LogP contribution in [-0.4, -0.2) is 12.6 Å². The molecule has 124 valence electrons. The number of carbonyl (C=O) groups excluding carboxylic acids is 1. The smallest absolute Gasteiger partial charge is 0.408 e. The molecule has 1 atom stereocenters. The van der Waals surface area contributed by atoms with Gasteiger partial charge in [0.05, 0.1) is 0 Å². The normalized spacial score (nSPS) is 11.4. The van der Waals surface area contributed by atoms with E-state index in [9.17, 15) is 10.1 Å². The Hall–Kier alpha value is -3.00. The van der Waals surface area contributed by atoms with Crippen molar-refractivity contribution in [2.75, 3.05) is 6.54 Å². The van der Waals surface area contributed by atoms with Gasteiger partial charge in [-0.25, -0.2) is 4.79 Å². The van der Waals surface area contributed by atoms with E-state index in [0.717, 1.165) is 0 Å². The quantitative estimate of drug-likeness (QED) is 0.853. The van der Waals surface area contributed by atoms with Crippen LogP contribution in [0.15, 0.2) is 54.6 Å². The van der Waals surface area contributed by atoms with E-state index in [0.29, 0.717) is 29.5 Å². The molecular weight excluding hydrogens is 304 g/mol. The highest BCUT2D eigenvalue weighted by atomic mass is 16.6. The molecule has 0 aliphatic rings. The number of nitrogens with one attached hydrogen (secondary N) is 1. The van der Waals surface area contributed by atoms with Gasteiger partial charge in [0.25, 0.3) is 0 Å². The first kappa shape index (κ1) is 17.4. The van der Waals surface area contributed by atoms with Crippen molar-refractivity contribution in [3.8, 4) is 17.6 Å². The molecule has 0 heterocycles. The number of amides is 1. The maximum atomic E-state index is 11.8. The average molecular weight is 324 g/mol. The van der Waals surface area contributed by atoms with Gasteiger partial charge in [-0.15, -0.1) is 0 Å². The van der Waals surface area contributed by atoms with Crippen LogP contribution in [0.2, 0.25) is 0 Å². The zero-order valence-corrected chi connectivity index (χ0v) is 13.7. The first-order chi connectivity index (χ1) is 11.6. The molecule has 0 aromatic heterocycles. The largest absolute Gasteiger partial charge is 0.457 e. The van der Waals surface area contributed by atoms with Crippen LogP contribution in [0.3, 0.4) is 0 Å². The third-order valence-corrected chi connectivity index (χ3v) is 3.14. The third kappa shape index (κ3) is 5.33. The number of nitriles is 1. The summed E-state index contributed by atoms with van der Waals surface area (Å²) in [7, 11) is 0. The second kappa shape index (κ2) is 8.59. The number of hydrogen-bond acceptors (Lipinski definition) is 4. The Morgan fingerprint density at radius 3 is 2.50 bits per heavy atom. The van der Waals surface area contributed by atoms with E-state index < -0.39 is 12.2 Å². The molecule has 24 heavy (non-hydrogen) atoms. The lowest BCUT2D eigenvalue weighted by Gasteiger charge is -2.14. The molecule has 0 aliphatic heterocycles. The second-order valence-electron chi connectivity index (χ2n) is 5.68. The van der Waals surface area contributed by atoms with Gasteiger partial charge in [-0.2, -0.15) is 5.26 Å². The number of alkyl carbamates (subject to hydrolysis) is 1. The monoisotopic (exact) mass is 324 g/mol. The summed E-state index contributed by atoms with van der Waals surface area (Å²) in [6.07, 6.45) is -1.60. The second-order valence-corrected chi connectivity index (χ2v) is 5.68. The fourth-order valence-electron chi connectivity index (χ4n) is 1.97. The summed E-state index contributed by atoms with van der Waals surface area (Å²) in [4.78, 5) is 11.8. The maximum absolute atomic E-state index is 11.8. The van der Waals surface area contributed by atoms with Crippen LogP contribution in [0.1, 0.15) is 25.5 Å². The van der Waals surface area contributed by atoms with Gasteiger partial charge in [-0.3, -0.25) is 0 Å². The molecule has 0 saturated heterocycles. The van der Waals surface area contributed by atoms with Crippen LogP contribution in [0.5, 0.6) is 11.5 Å². The van der Waals surface area contributed by atoms with Crippen molar-refractivity contribution in [2.45, 2.75) is 20.0 Å². The molecule has 1 amide bonds. The van der Waals surface area contributed by atoms with Gasteiger partial charge in [0.1, 0.15) is 17.6 Å². The Morgan fingerprint density at radius 1 is 1.12 bits per heavy atom. The molecule has 1 N–H and O–H groups in total. The van der Waals surface area contributed by atoms with Gasteiger partial charge in [0.15, 0.2) is 0 Å². The Labute approximate surface area is 141 Å².